The van der Waals surface area contributed by atoms with Crippen molar-refractivity contribution in [2.24, 2.45) is 5.73 Å². The molecule has 1 amide bonds. The van der Waals surface area contributed by atoms with Gasteiger partial charge in [-0.05, 0) is 43.4 Å². The highest BCUT2D eigenvalue weighted by Gasteiger charge is 2.29. The van der Waals surface area contributed by atoms with Crippen LogP contribution in [0.5, 0.6) is 0 Å². The third-order valence-electron chi connectivity index (χ3n) is 3.52. The zero-order valence-electron chi connectivity index (χ0n) is 11.5. The van der Waals surface area contributed by atoms with Gasteiger partial charge in [0.1, 0.15) is 6.10 Å². The predicted octanol–water partition coefficient (Wildman–Crippen LogP) is 1.90. The van der Waals surface area contributed by atoms with E-state index in [4.69, 9.17) is 22.1 Å². The van der Waals surface area contributed by atoms with E-state index in [9.17, 15) is 4.79 Å². The first-order valence-corrected chi connectivity index (χ1v) is 7.44. The van der Waals surface area contributed by atoms with Crippen molar-refractivity contribution in [2.75, 3.05) is 13.1 Å². The monoisotopic (exact) mass is 296 g/mol. The van der Waals surface area contributed by atoms with Crippen LogP contribution in [0.15, 0.2) is 24.3 Å². The number of rotatable bonds is 6. The maximum atomic E-state index is 11.9. The smallest absolute Gasteiger partial charge is 0.249 e. The Balaban J connectivity index is 1.63. The molecule has 1 aromatic carbocycles. The largest absolute Gasteiger partial charge is 0.364 e. The number of carbonyl (C=O) groups is 1. The number of halogens is 1. The summed E-state index contributed by atoms with van der Waals surface area (Å²) in [4.78, 5) is 11.9. The number of nitrogens with one attached hydrogen (secondary N) is 1. The molecule has 2 atom stereocenters. The van der Waals surface area contributed by atoms with Crippen LogP contribution >= 0.6 is 11.6 Å². The highest BCUT2D eigenvalue weighted by molar-refractivity contribution is 6.30. The molecule has 0 saturated carbocycles. The number of nitrogens with two attached hydrogens (primary N) is 1. The zero-order chi connectivity index (χ0) is 14.4. The molecule has 0 aliphatic carbocycles. The molecule has 4 nitrogen and oxygen atoms in total. The predicted molar refractivity (Wildman–Crippen MR) is 79.7 cm³/mol. The van der Waals surface area contributed by atoms with Crippen LogP contribution < -0.4 is 11.1 Å². The second-order valence-corrected chi connectivity index (χ2v) is 5.52. The SMILES string of the molecule is NC[C@H]1CC[C@@H](C(=O)NCCCc2ccc(Cl)cc2)O1. The molecule has 2 rings (SSSR count). The molecule has 3 N–H and O–H groups in total. The van der Waals surface area contributed by atoms with Gasteiger partial charge in [0, 0.05) is 18.1 Å². The molecule has 0 spiro atoms. The lowest BCUT2D eigenvalue weighted by Crippen LogP contribution is -2.36. The van der Waals surface area contributed by atoms with Gasteiger partial charge >= 0.3 is 0 Å². The van der Waals surface area contributed by atoms with Gasteiger partial charge in [-0.15, -0.1) is 0 Å². The maximum Gasteiger partial charge on any atom is 0.249 e. The van der Waals surface area contributed by atoms with Gasteiger partial charge in [0.2, 0.25) is 5.91 Å². The van der Waals surface area contributed by atoms with Crippen LogP contribution in [-0.4, -0.2) is 31.2 Å². The second-order valence-electron chi connectivity index (χ2n) is 5.08. The fourth-order valence-electron chi connectivity index (χ4n) is 2.34. The van der Waals surface area contributed by atoms with Crippen LogP contribution in [0.1, 0.15) is 24.8 Å². The molecule has 5 heteroatoms. The third kappa shape index (κ3) is 4.47. The van der Waals surface area contributed by atoms with Gasteiger partial charge in [0.15, 0.2) is 0 Å². The Morgan fingerprint density at radius 2 is 2.10 bits per heavy atom. The lowest BCUT2D eigenvalue weighted by atomic mass is 10.1. The Hall–Kier alpha value is -1.10. The van der Waals surface area contributed by atoms with Gasteiger partial charge in [0.05, 0.1) is 6.10 Å². The van der Waals surface area contributed by atoms with Crippen molar-refractivity contribution in [3.8, 4) is 0 Å². The van der Waals surface area contributed by atoms with Crippen LogP contribution in [0.2, 0.25) is 5.02 Å². The molecule has 1 aliphatic rings. The Kier molecular flexibility index (Phi) is 5.83. The Labute approximate surface area is 124 Å². The van der Waals surface area contributed by atoms with Crippen molar-refractivity contribution in [1.82, 2.24) is 5.32 Å². The lowest BCUT2D eigenvalue weighted by Gasteiger charge is -2.12. The lowest BCUT2D eigenvalue weighted by molar-refractivity contribution is -0.131. The van der Waals surface area contributed by atoms with Crippen LogP contribution in [-0.2, 0) is 16.0 Å². The van der Waals surface area contributed by atoms with Gasteiger partial charge in [-0.2, -0.15) is 0 Å². The first-order valence-electron chi connectivity index (χ1n) is 7.06. The van der Waals surface area contributed by atoms with E-state index in [-0.39, 0.29) is 18.1 Å². The molecule has 0 unspecified atom stereocenters. The molecule has 20 heavy (non-hydrogen) atoms. The number of amides is 1. The van der Waals surface area contributed by atoms with Gasteiger partial charge in [-0.3, -0.25) is 4.79 Å². The van der Waals surface area contributed by atoms with Crippen molar-refractivity contribution in [1.29, 1.82) is 0 Å². The summed E-state index contributed by atoms with van der Waals surface area (Å²) < 4.78 is 5.55. The van der Waals surface area contributed by atoms with Crippen LogP contribution in [0, 0.1) is 0 Å². The fourth-order valence-corrected chi connectivity index (χ4v) is 2.47. The van der Waals surface area contributed by atoms with Crippen molar-refractivity contribution in [3.63, 3.8) is 0 Å². The molecule has 110 valence electrons. The molecular weight excluding hydrogens is 276 g/mol. The van der Waals surface area contributed by atoms with E-state index in [0.29, 0.717) is 13.1 Å². The molecule has 0 bridgehead atoms. The van der Waals surface area contributed by atoms with E-state index in [2.05, 4.69) is 5.32 Å². The first kappa shape index (κ1) is 15.3. The quantitative estimate of drug-likeness (QED) is 0.788. The molecule has 1 aromatic rings. The average Bonchev–Trinajstić information content (AvgIpc) is 2.94. The zero-order valence-corrected chi connectivity index (χ0v) is 12.2. The first-order chi connectivity index (χ1) is 9.69. The molecular formula is C15H21ClN2O2. The average molecular weight is 297 g/mol. The molecule has 0 aromatic heterocycles. The normalized spacial score (nSPS) is 21.9. The van der Waals surface area contributed by atoms with Gasteiger partial charge in [-0.25, -0.2) is 0 Å². The summed E-state index contributed by atoms with van der Waals surface area (Å²) in [7, 11) is 0. The summed E-state index contributed by atoms with van der Waals surface area (Å²) in [5, 5.41) is 3.67. The minimum atomic E-state index is -0.320. The molecule has 1 aliphatic heterocycles. The maximum absolute atomic E-state index is 11.9. The van der Waals surface area contributed by atoms with Crippen LogP contribution in [0.3, 0.4) is 0 Å². The van der Waals surface area contributed by atoms with Gasteiger partial charge in [-0.1, -0.05) is 23.7 Å². The molecule has 1 saturated heterocycles. The van der Waals surface area contributed by atoms with E-state index in [1.807, 2.05) is 24.3 Å². The number of carbonyl (C=O) groups excluding carboxylic acids is 1. The van der Waals surface area contributed by atoms with Crippen molar-refractivity contribution >= 4 is 17.5 Å². The van der Waals surface area contributed by atoms with E-state index in [0.717, 1.165) is 30.7 Å². The Morgan fingerprint density at radius 1 is 1.35 bits per heavy atom. The van der Waals surface area contributed by atoms with Crippen molar-refractivity contribution in [3.05, 3.63) is 34.9 Å². The molecule has 1 fully saturated rings. The number of hydrogen-bond donors (Lipinski definition) is 2. The van der Waals surface area contributed by atoms with Crippen LogP contribution in [0.4, 0.5) is 0 Å². The van der Waals surface area contributed by atoms with Crippen LogP contribution in [0.25, 0.3) is 0 Å². The number of benzene rings is 1. The van der Waals surface area contributed by atoms with E-state index in [1.54, 1.807) is 0 Å². The minimum Gasteiger partial charge on any atom is -0.364 e. The standard InChI is InChI=1S/C15H21ClN2O2/c16-12-5-3-11(4-6-12)2-1-9-18-15(19)14-8-7-13(10-17)20-14/h3-6,13-14H,1-2,7-10,17H2,(H,18,19)/t13-,14+/m1/s1. The Morgan fingerprint density at radius 3 is 2.75 bits per heavy atom. The topological polar surface area (TPSA) is 64.4 Å². The van der Waals surface area contributed by atoms with Gasteiger partial charge in [0.25, 0.3) is 0 Å². The third-order valence-corrected chi connectivity index (χ3v) is 3.77. The number of aryl methyl sites for hydroxylation is 1. The summed E-state index contributed by atoms with van der Waals surface area (Å²) >= 11 is 5.83. The number of ether oxygens (including phenoxy) is 1. The Bertz CT molecular complexity index is 436. The summed E-state index contributed by atoms with van der Waals surface area (Å²) in [6, 6.07) is 7.79. The summed E-state index contributed by atoms with van der Waals surface area (Å²) in [6.45, 7) is 1.15. The van der Waals surface area contributed by atoms with Gasteiger partial charge < -0.3 is 15.8 Å². The summed E-state index contributed by atoms with van der Waals surface area (Å²) in [6.07, 6.45) is 3.19. The van der Waals surface area contributed by atoms with Crippen molar-refractivity contribution < 1.29 is 9.53 Å². The summed E-state index contributed by atoms with van der Waals surface area (Å²) in [5.74, 6) is -0.0166. The van der Waals surface area contributed by atoms with E-state index >= 15 is 0 Å². The summed E-state index contributed by atoms with van der Waals surface area (Å²) in [5.41, 5.74) is 6.75. The number of hydrogen-bond acceptors (Lipinski definition) is 3. The highest BCUT2D eigenvalue weighted by atomic mass is 35.5. The molecule has 1 heterocycles. The van der Waals surface area contributed by atoms with Crippen molar-refractivity contribution in [2.45, 2.75) is 37.9 Å². The van der Waals surface area contributed by atoms with E-state index < -0.39 is 0 Å². The second kappa shape index (κ2) is 7.62. The minimum absolute atomic E-state index is 0.0166. The van der Waals surface area contributed by atoms with E-state index in [1.165, 1.54) is 5.56 Å². The highest BCUT2D eigenvalue weighted by Crippen LogP contribution is 2.18. The molecule has 0 radical (unpaired) electrons. The fraction of sp³-hybridized carbons (Fsp3) is 0.533.